The van der Waals surface area contributed by atoms with Crippen LogP contribution in [-0.4, -0.2) is 23.0 Å². The van der Waals surface area contributed by atoms with Crippen molar-refractivity contribution in [2.75, 3.05) is 13.1 Å². The van der Waals surface area contributed by atoms with E-state index in [0.29, 0.717) is 5.92 Å². The Bertz CT molecular complexity index is 879. The smallest absolute Gasteiger partial charge is 0.0270 e. The third-order valence-electron chi connectivity index (χ3n) is 5.40. The molecular weight excluding hydrogens is 292 g/mol. The van der Waals surface area contributed by atoms with E-state index < -0.39 is 0 Å². The van der Waals surface area contributed by atoms with Crippen molar-refractivity contribution >= 4 is 0 Å². The van der Waals surface area contributed by atoms with E-state index in [1.807, 2.05) is 12.4 Å². The molecular formula is C22H20N2. The molecule has 0 atom stereocenters. The van der Waals surface area contributed by atoms with Crippen molar-refractivity contribution in [3.63, 3.8) is 0 Å². The lowest BCUT2D eigenvalue weighted by Gasteiger charge is -2.39. The van der Waals surface area contributed by atoms with E-state index in [4.69, 9.17) is 0 Å². The quantitative estimate of drug-likeness (QED) is 0.562. The molecule has 2 aliphatic rings. The summed E-state index contributed by atoms with van der Waals surface area (Å²) in [4.78, 5) is 6.65. The summed E-state index contributed by atoms with van der Waals surface area (Å²) in [5, 5.41) is 0. The molecule has 0 N–H and O–H groups in total. The maximum absolute atomic E-state index is 4.11. The number of likely N-dealkylation sites (tertiary alicyclic amines) is 1. The summed E-state index contributed by atoms with van der Waals surface area (Å²) in [6.45, 7) is 3.37. The molecule has 1 aromatic heterocycles. The predicted molar refractivity (Wildman–Crippen MR) is 96.9 cm³/mol. The van der Waals surface area contributed by atoms with Crippen molar-refractivity contribution in [2.24, 2.45) is 0 Å². The Morgan fingerprint density at radius 3 is 2.54 bits per heavy atom. The van der Waals surface area contributed by atoms with Gasteiger partial charge in [0.1, 0.15) is 0 Å². The molecule has 0 unspecified atom stereocenters. The third-order valence-corrected chi connectivity index (χ3v) is 5.40. The highest BCUT2D eigenvalue weighted by atomic mass is 15.2. The molecule has 2 heteroatoms. The van der Waals surface area contributed by atoms with Crippen LogP contribution in [0.2, 0.25) is 0 Å². The Kier molecular flexibility index (Phi) is 3.24. The molecule has 3 aromatic rings. The van der Waals surface area contributed by atoms with E-state index >= 15 is 0 Å². The van der Waals surface area contributed by atoms with Gasteiger partial charge in [-0.05, 0) is 51.9 Å². The monoisotopic (exact) mass is 312 g/mol. The minimum atomic E-state index is 0.673. The molecule has 1 aliphatic heterocycles. The van der Waals surface area contributed by atoms with Crippen LogP contribution in [0, 0.1) is 0 Å². The van der Waals surface area contributed by atoms with E-state index in [9.17, 15) is 0 Å². The van der Waals surface area contributed by atoms with Crippen LogP contribution in [-0.2, 0) is 13.0 Å². The van der Waals surface area contributed by atoms with Gasteiger partial charge in [0.15, 0.2) is 0 Å². The van der Waals surface area contributed by atoms with Gasteiger partial charge in [-0.25, -0.2) is 0 Å². The van der Waals surface area contributed by atoms with Gasteiger partial charge in [0.05, 0.1) is 0 Å². The minimum Gasteiger partial charge on any atom is -0.298 e. The van der Waals surface area contributed by atoms with Crippen LogP contribution in [0.4, 0.5) is 0 Å². The number of fused-ring (bicyclic) bond motifs is 3. The molecule has 2 nitrogen and oxygen atoms in total. The number of pyridine rings is 1. The first-order valence-corrected chi connectivity index (χ1v) is 8.69. The summed E-state index contributed by atoms with van der Waals surface area (Å²) in [5.74, 6) is 0.673. The fourth-order valence-corrected chi connectivity index (χ4v) is 4.10. The van der Waals surface area contributed by atoms with Crippen molar-refractivity contribution < 1.29 is 0 Å². The maximum atomic E-state index is 4.11. The number of aromatic nitrogens is 1. The first-order chi connectivity index (χ1) is 11.9. The Morgan fingerprint density at radius 1 is 0.875 bits per heavy atom. The normalized spacial score (nSPS) is 16.5. The first-order valence-electron chi connectivity index (χ1n) is 8.69. The topological polar surface area (TPSA) is 16.1 Å². The van der Waals surface area contributed by atoms with Crippen molar-refractivity contribution in [1.29, 1.82) is 0 Å². The zero-order valence-corrected chi connectivity index (χ0v) is 13.7. The van der Waals surface area contributed by atoms with Gasteiger partial charge in [-0.2, -0.15) is 0 Å². The second-order valence-corrected chi connectivity index (χ2v) is 7.00. The Morgan fingerprint density at radius 2 is 1.67 bits per heavy atom. The molecule has 0 radical (unpaired) electrons. The fraction of sp³-hybridized carbons (Fsp3) is 0.227. The van der Waals surface area contributed by atoms with Crippen LogP contribution in [0.1, 0.15) is 28.2 Å². The molecule has 24 heavy (non-hydrogen) atoms. The summed E-state index contributed by atoms with van der Waals surface area (Å²) in [6, 6.07) is 20.1. The van der Waals surface area contributed by atoms with Gasteiger partial charge < -0.3 is 0 Å². The van der Waals surface area contributed by atoms with Crippen LogP contribution in [0.15, 0.2) is 67.0 Å². The van der Waals surface area contributed by atoms with Crippen LogP contribution < -0.4 is 0 Å². The fourth-order valence-electron chi connectivity index (χ4n) is 4.10. The minimum absolute atomic E-state index is 0.673. The molecule has 2 aromatic carbocycles. The van der Waals surface area contributed by atoms with Gasteiger partial charge in [0.2, 0.25) is 0 Å². The Balaban J connectivity index is 1.28. The van der Waals surface area contributed by atoms with Crippen molar-refractivity contribution in [3.8, 4) is 11.1 Å². The second kappa shape index (κ2) is 5.57. The largest absolute Gasteiger partial charge is 0.298 e. The van der Waals surface area contributed by atoms with Crippen LogP contribution in [0.3, 0.4) is 0 Å². The molecule has 1 fully saturated rings. The predicted octanol–water partition coefficient (Wildman–Crippen LogP) is 4.25. The molecule has 2 heterocycles. The lowest BCUT2D eigenvalue weighted by atomic mass is 9.91. The number of hydrogen-bond donors (Lipinski definition) is 0. The molecule has 1 saturated heterocycles. The lowest BCUT2D eigenvalue weighted by Crippen LogP contribution is -2.44. The number of nitrogens with zero attached hydrogens (tertiary/aromatic N) is 2. The molecule has 0 amide bonds. The summed E-state index contributed by atoms with van der Waals surface area (Å²) in [7, 11) is 0. The van der Waals surface area contributed by atoms with E-state index in [-0.39, 0.29) is 0 Å². The molecule has 0 bridgehead atoms. The highest BCUT2D eigenvalue weighted by molar-refractivity contribution is 5.76. The second-order valence-electron chi connectivity index (χ2n) is 7.00. The third kappa shape index (κ3) is 2.35. The zero-order chi connectivity index (χ0) is 15.9. The van der Waals surface area contributed by atoms with Crippen molar-refractivity contribution in [1.82, 2.24) is 9.88 Å². The van der Waals surface area contributed by atoms with Crippen LogP contribution in [0.5, 0.6) is 0 Å². The number of rotatable bonds is 3. The highest BCUT2D eigenvalue weighted by Gasteiger charge is 2.28. The zero-order valence-electron chi connectivity index (χ0n) is 13.7. The van der Waals surface area contributed by atoms with Crippen LogP contribution in [0.25, 0.3) is 11.1 Å². The van der Waals surface area contributed by atoms with E-state index in [1.165, 1.54) is 33.4 Å². The number of hydrogen-bond acceptors (Lipinski definition) is 2. The van der Waals surface area contributed by atoms with Gasteiger partial charge in [-0.3, -0.25) is 9.88 Å². The van der Waals surface area contributed by atoms with E-state index in [2.05, 4.69) is 64.5 Å². The standard InChI is InChI=1S/C22H20N2/c1-2-4-21-18(3-1)12-19-11-16(5-6-22(19)21)13-24-14-20(15-24)17-7-9-23-10-8-17/h1-11,20H,12-15H2. The van der Waals surface area contributed by atoms with Gasteiger partial charge in [0, 0.05) is 37.9 Å². The summed E-state index contributed by atoms with van der Waals surface area (Å²) >= 11 is 0. The Labute approximate surface area is 142 Å². The summed E-state index contributed by atoms with van der Waals surface area (Å²) < 4.78 is 0. The summed E-state index contributed by atoms with van der Waals surface area (Å²) in [6.07, 6.45) is 4.88. The summed E-state index contributed by atoms with van der Waals surface area (Å²) in [5.41, 5.74) is 8.65. The van der Waals surface area contributed by atoms with Gasteiger partial charge in [-0.15, -0.1) is 0 Å². The molecule has 118 valence electrons. The van der Waals surface area contributed by atoms with Crippen molar-refractivity contribution in [2.45, 2.75) is 18.9 Å². The first kappa shape index (κ1) is 13.9. The average molecular weight is 312 g/mol. The SMILES string of the molecule is c1ccc2c(c1)Cc1cc(CN3CC(c4ccncc4)C3)ccc1-2. The number of benzene rings is 2. The van der Waals surface area contributed by atoms with E-state index in [1.54, 1.807) is 0 Å². The highest BCUT2D eigenvalue weighted by Crippen LogP contribution is 2.37. The van der Waals surface area contributed by atoms with Gasteiger partial charge in [-0.1, -0.05) is 42.5 Å². The van der Waals surface area contributed by atoms with E-state index in [0.717, 1.165) is 26.1 Å². The maximum Gasteiger partial charge on any atom is 0.0270 e. The van der Waals surface area contributed by atoms with Crippen molar-refractivity contribution in [3.05, 3.63) is 89.2 Å². The average Bonchev–Trinajstić information content (AvgIpc) is 2.96. The molecule has 0 saturated carbocycles. The Hall–Kier alpha value is -2.45. The molecule has 0 spiro atoms. The lowest BCUT2D eigenvalue weighted by molar-refractivity contribution is 0.139. The molecule has 1 aliphatic carbocycles. The molecule has 5 rings (SSSR count). The van der Waals surface area contributed by atoms with Gasteiger partial charge >= 0.3 is 0 Å². The van der Waals surface area contributed by atoms with Gasteiger partial charge in [0.25, 0.3) is 0 Å². The van der Waals surface area contributed by atoms with Crippen LogP contribution >= 0.6 is 0 Å².